The fourth-order valence-corrected chi connectivity index (χ4v) is 5.98. The van der Waals surface area contributed by atoms with E-state index in [1.165, 1.54) is 17.0 Å². The van der Waals surface area contributed by atoms with Crippen LogP contribution in [0.1, 0.15) is 42.3 Å². The molecule has 2 amide bonds. The lowest BCUT2D eigenvalue weighted by Crippen LogP contribution is -2.43. The number of aryl methyl sites for hydroxylation is 2. The van der Waals surface area contributed by atoms with E-state index in [1.807, 2.05) is 32.0 Å². The Kier molecular flexibility index (Phi) is 7.37. The van der Waals surface area contributed by atoms with Gasteiger partial charge in [-0.2, -0.15) is 4.98 Å². The largest absolute Gasteiger partial charge is 0.470 e. The van der Waals surface area contributed by atoms with Crippen molar-refractivity contribution in [3.8, 4) is 17.1 Å². The number of fused-ring (bicyclic) bond motifs is 6. The van der Waals surface area contributed by atoms with Crippen molar-refractivity contribution in [1.29, 1.82) is 4.78 Å². The van der Waals surface area contributed by atoms with Crippen LogP contribution in [0.3, 0.4) is 0 Å². The molecule has 0 spiro atoms. The first-order chi connectivity index (χ1) is 19.3. The molecular weight excluding hydrogens is 544 g/mol. The van der Waals surface area contributed by atoms with E-state index < -0.39 is 27.7 Å². The van der Waals surface area contributed by atoms with Gasteiger partial charge in [0, 0.05) is 30.3 Å². The number of hydrogen-bond donors (Lipinski definition) is 2. The van der Waals surface area contributed by atoms with Gasteiger partial charge in [-0.05, 0) is 63.9 Å². The number of anilines is 1. The molecule has 11 nitrogen and oxygen atoms in total. The van der Waals surface area contributed by atoms with Gasteiger partial charge in [-0.15, -0.1) is 0 Å². The summed E-state index contributed by atoms with van der Waals surface area (Å²) in [5.74, 6) is -0.217. The molecule has 0 radical (unpaired) electrons. The molecule has 1 aromatic heterocycles. The van der Waals surface area contributed by atoms with Crippen molar-refractivity contribution in [3.05, 3.63) is 65.2 Å². The van der Waals surface area contributed by atoms with Crippen LogP contribution >= 0.6 is 0 Å². The molecule has 216 valence electrons. The van der Waals surface area contributed by atoms with Crippen LogP contribution in [0.2, 0.25) is 0 Å². The number of nitrogens with one attached hydrogen (secondary N) is 2. The molecule has 2 N–H and O–H groups in total. The zero-order valence-corrected chi connectivity index (χ0v) is 24.6. The summed E-state index contributed by atoms with van der Waals surface area (Å²) in [7, 11) is -3.64. The Morgan fingerprint density at radius 1 is 1.07 bits per heavy atom. The molecule has 2 aliphatic rings. The summed E-state index contributed by atoms with van der Waals surface area (Å²) >= 11 is 0. The molecule has 2 aliphatic heterocycles. The Bertz CT molecular complexity index is 1600. The summed E-state index contributed by atoms with van der Waals surface area (Å²) in [5, 5.41) is 0. The average Bonchev–Trinajstić information content (AvgIpc) is 3.09. The minimum atomic E-state index is -3.64. The summed E-state index contributed by atoms with van der Waals surface area (Å²) in [4.78, 5) is 39.0. The van der Waals surface area contributed by atoms with Crippen molar-refractivity contribution in [2.45, 2.75) is 51.2 Å². The Morgan fingerprint density at radius 3 is 2.49 bits per heavy atom. The molecular formula is C29H34N6O5S. The standard InChI is InChI=1S/C29H34N6O5S/c1-18-8-6-9-19(2)25(18)23-15-24-32-27(31-23)33-41(30,38)22-11-7-10-20(14-22)26(36)34-12-13-35(17-21(16-34)39-24)28(37)40-29(3,4)5/h6-11,14-15,21H,12-13,16-17H2,1-5H3,(H2,30,31,32,33,38). The Hall–Kier alpha value is -4.19. The number of aromatic nitrogens is 2. The highest BCUT2D eigenvalue weighted by Gasteiger charge is 2.33. The molecule has 2 atom stereocenters. The van der Waals surface area contributed by atoms with Gasteiger partial charge < -0.3 is 19.3 Å². The molecule has 2 aromatic carbocycles. The molecule has 0 saturated carbocycles. The third kappa shape index (κ3) is 6.27. The van der Waals surface area contributed by atoms with Crippen molar-refractivity contribution in [1.82, 2.24) is 19.8 Å². The highest BCUT2D eigenvalue weighted by Crippen LogP contribution is 2.30. The van der Waals surface area contributed by atoms with E-state index in [0.717, 1.165) is 16.7 Å². The van der Waals surface area contributed by atoms with Crippen LogP contribution in [0, 0.1) is 18.6 Å². The van der Waals surface area contributed by atoms with Crippen LogP contribution in [0.4, 0.5) is 10.7 Å². The minimum absolute atomic E-state index is 0.0504. The van der Waals surface area contributed by atoms with Gasteiger partial charge in [-0.1, -0.05) is 24.3 Å². The molecule has 3 heterocycles. The van der Waals surface area contributed by atoms with E-state index in [1.54, 1.807) is 43.9 Å². The average molecular weight is 579 g/mol. The van der Waals surface area contributed by atoms with Crippen molar-refractivity contribution >= 4 is 27.9 Å². The summed E-state index contributed by atoms with van der Waals surface area (Å²) < 4.78 is 36.9. The zero-order valence-electron chi connectivity index (χ0n) is 23.8. The van der Waals surface area contributed by atoms with Crippen molar-refractivity contribution in [3.63, 3.8) is 0 Å². The highest BCUT2D eigenvalue weighted by molar-refractivity contribution is 7.93. The predicted octanol–water partition coefficient (Wildman–Crippen LogP) is 4.65. The monoisotopic (exact) mass is 578 g/mol. The molecule has 0 aliphatic carbocycles. The van der Waals surface area contributed by atoms with E-state index >= 15 is 0 Å². The summed E-state index contributed by atoms with van der Waals surface area (Å²) in [6.07, 6.45) is -1.16. The van der Waals surface area contributed by atoms with E-state index in [4.69, 9.17) is 14.3 Å². The van der Waals surface area contributed by atoms with Gasteiger partial charge in [0.05, 0.1) is 23.7 Å². The SMILES string of the molecule is Cc1cccc(C)c1-c1cc2nc(n1)NS(=N)(=O)c1cccc(c1)C(=O)N1CCN(C(=O)OC(C)(C)C)CC(C1)O2. The second kappa shape index (κ2) is 10.7. The lowest BCUT2D eigenvalue weighted by atomic mass is 10.00. The quantitative estimate of drug-likeness (QED) is 0.429. The van der Waals surface area contributed by atoms with Crippen LogP contribution in [0.25, 0.3) is 11.3 Å². The van der Waals surface area contributed by atoms with Gasteiger partial charge in [-0.25, -0.2) is 18.8 Å². The molecule has 1 fully saturated rings. The van der Waals surface area contributed by atoms with Gasteiger partial charge in [0.25, 0.3) is 5.91 Å². The number of carbonyl (C=O) groups is 2. The van der Waals surface area contributed by atoms with Crippen LogP contribution in [0.15, 0.2) is 53.4 Å². The fraction of sp³-hybridized carbons (Fsp3) is 0.379. The van der Waals surface area contributed by atoms with Crippen molar-refractivity contribution in [2.24, 2.45) is 0 Å². The first-order valence-electron chi connectivity index (χ1n) is 13.4. The van der Waals surface area contributed by atoms with Crippen molar-refractivity contribution < 1.29 is 23.3 Å². The predicted molar refractivity (Wildman–Crippen MR) is 154 cm³/mol. The zero-order chi connectivity index (χ0) is 29.5. The maximum Gasteiger partial charge on any atom is 0.410 e. The summed E-state index contributed by atoms with van der Waals surface area (Å²) in [6.45, 7) is 10.1. The normalized spacial score (nSPS) is 20.9. The summed E-state index contributed by atoms with van der Waals surface area (Å²) in [6, 6.07) is 13.8. The van der Waals surface area contributed by atoms with Gasteiger partial charge in [-0.3, -0.25) is 9.52 Å². The second-order valence-electron chi connectivity index (χ2n) is 11.3. The van der Waals surface area contributed by atoms with Gasteiger partial charge >= 0.3 is 6.09 Å². The van der Waals surface area contributed by atoms with E-state index in [2.05, 4.69) is 14.7 Å². The topological polar surface area (TPSA) is 138 Å². The van der Waals surface area contributed by atoms with Gasteiger partial charge in [0.2, 0.25) is 11.8 Å². The third-order valence-electron chi connectivity index (χ3n) is 6.80. The maximum atomic E-state index is 13.6. The fourth-order valence-electron chi connectivity index (χ4n) is 4.95. The lowest BCUT2D eigenvalue weighted by molar-refractivity contribution is 0.0201. The van der Waals surface area contributed by atoms with E-state index in [9.17, 15) is 13.8 Å². The molecule has 41 heavy (non-hydrogen) atoms. The molecule has 6 bridgehead atoms. The Morgan fingerprint density at radius 2 is 1.78 bits per heavy atom. The molecule has 1 saturated heterocycles. The van der Waals surface area contributed by atoms with E-state index in [0.29, 0.717) is 5.69 Å². The molecule has 12 heteroatoms. The smallest absolute Gasteiger partial charge is 0.410 e. The lowest BCUT2D eigenvalue weighted by Gasteiger charge is -2.28. The first kappa shape index (κ1) is 28.3. The Labute approximate surface area is 240 Å². The maximum absolute atomic E-state index is 13.6. The highest BCUT2D eigenvalue weighted by atomic mass is 32.2. The number of ether oxygens (including phenoxy) is 2. The van der Waals surface area contributed by atoms with Crippen molar-refractivity contribution in [2.75, 3.05) is 30.9 Å². The van der Waals surface area contributed by atoms with Crippen LogP contribution in [-0.2, 0) is 14.7 Å². The van der Waals surface area contributed by atoms with Gasteiger partial charge in [0.1, 0.15) is 11.7 Å². The third-order valence-corrected chi connectivity index (χ3v) is 8.19. The molecule has 3 aromatic rings. The number of nitrogens with zero attached hydrogens (tertiary/aromatic N) is 4. The molecule has 5 rings (SSSR count). The van der Waals surface area contributed by atoms with Crippen LogP contribution in [0.5, 0.6) is 5.88 Å². The van der Waals surface area contributed by atoms with E-state index in [-0.39, 0.29) is 54.4 Å². The number of carbonyl (C=O) groups excluding carboxylic acids is 2. The molecule has 2 unspecified atom stereocenters. The summed E-state index contributed by atoms with van der Waals surface area (Å²) in [5.41, 5.74) is 2.91. The van der Waals surface area contributed by atoms with Gasteiger partial charge in [0.15, 0.2) is 9.92 Å². The number of amides is 2. The number of rotatable bonds is 1. The Balaban J connectivity index is 1.64. The van der Waals surface area contributed by atoms with Crippen LogP contribution < -0.4 is 9.46 Å². The number of hydrogen-bond acceptors (Lipinski definition) is 8. The number of benzene rings is 2. The second-order valence-corrected chi connectivity index (χ2v) is 13.1. The van der Waals surface area contributed by atoms with Crippen LogP contribution in [-0.4, -0.2) is 73.9 Å². The minimum Gasteiger partial charge on any atom is -0.470 e. The first-order valence-corrected chi connectivity index (χ1v) is 14.9.